The van der Waals surface area contributed by atoms with Crippen molar-refractivity contribution in [3.63, 3.8) is 0 Å². The molecule has 2 fully saturated rings. The average molecular weight is 558 g/mol. The largest absolute Gasteiger partial charge is 0.444 e. The third kappa shape index (κ3) is 8.45. The molecule has 13 heteroatoms. The second-order valence-corrected chi connectivity index (χ2v) is 11.3. The van der Waals surface area contributed by atoms with E-state index in [-0.39, 0.29) is 18.3 Å². The number of hydrogen-bond donors (Lipinski definition) is 3. The number of nitrogens with one attached hydrogen (secondary N) is 3. The number of aromatic nitrogens is 1. The van der Waals surface area contributed by atoms with E-state index in [0.29, 0.717) is 11.5 Å². The van der Waals surface area contributed by atoms with Crippen LogP contribution in [0.2, 0.25) is 0 Å². The van der Waals surface area contributed by atoms with Crippen LogP contribution in [0.15, 0.2) is 18.3 Å². The summed E-state index contributed by atoms with van der Waals surface area (Å²) in [5, 5.41) is 7.40. The van der Waals surface area contributed by atoms with Gasteiger partial charge in [0, 0.05) is 13.3 Å². The number of carbonyl (C=O) groups excluding carboxylic acids is 3. The van der Waals surface area contributed by atoms with Gasteiger partial charge in [-0.15, -0.1) is 0 Å². The van der Waals surface area contributed by atoms with Crippen LogP contribution in [0.3, 0.4) is 0 Å². The van der Waals surface area contributed by atoms with E-state index in [9.17, 15) is 27.6 Å². The third-order valence-electron chi connectivity index (χ3n) is 6.94. The number of amides is 4. The Hall–Kier alpha value is -3.09. The lowest BCUT2D eigenvalue weighted by Crippen LogP contribution is -2.50. The summed E-state index contributed by atoms with van der Waals surface area (Å²) in [6, 6.07) is -1.55. The minimum absolute atomic E-state index is 0.0710. The molecule has 1 aromatic rings. The molecule has 218 valence electrons. The van der Waals surface area contributed by atoms with Crippen LogP contribution in [-0.4, -0.2) is 72.0 Å². The highest BCUT2D eigenvalue weighted by atomic mass is 19.4. The summed E-state index contributed by atoms with van der Waals surface area (Å²) in [5.41, 5.74) is -0.311. The molecule has 0 bridgehead atoms. The van der Waals surface area contributed by atoms with Crippen molar-refractivity contribution in [3.05, 3.63) is 23.9 Å². The standard InChI is InChI=1S/C26H38F3N5O5/c1-15-6-8-16(9-7-15)21(33-24(37)39-25(2,3)4)22(35)32-20-12-17(10-11-30-20)18(14-38-5)34-13-19(26(27,28)29)31-23(34)36/h10-12,15-16,18-19,21H,6-9,13-14H2,1-5H3,(H,31,36)(H,33,37)(H,30,32,35)/t15?,16?,18-,19-,21?/m0/s1. The molecule has 0 spiro atoms. The summed E-state index contributed by atoms with van der Waals surface area (Å²) < 4.78 is 50.3. The van der Waals surface area contributed by atoms with Crippen LogP contribution in [-0.2, 0) is 14.3 Å². The van der Waals surface area contributed by atoms with Gasteiger partial charge in [0.25, 0.3) is 0 Å². The number of nitrogens with zero attached hydrogens (tertiary/aromatic N) is 2. The van der Waals surface area contributed by atoms with E-state index in [1.807, 2.05) is 5.32 Å². The number of ether oxygens (including phenoxy) is 2. The molecule has 0 aromatic carbocycles. The molecule has 1 aliphatic heterocycles. The van der Waals surface area contributed by atoms with Crippen molar-refractivity contribution in [1.82, 2.24) is 20.5 Å². The molecule has 3 N–H and O–H groups in total. The van der Waals surface area contributed by atoms with Gasteiger partial charge in [-0.3, -0.25) is 4.79 Å². The molecule has 1 aliphatic carbocycles. The predicted octanol–water partition coefficient (Wildman–Crippen LogP) is 4.38. The van der Waals surface area contributed by atoms with E-state index in [1.165, 1.54) is 19.4 Å². The van der Waals surface area contributed by atoms with Gasteiger partial charge in [0.2, 0.25) is 5.91 Å². The second kappa shape index (κ2) is 12.4. The lowest BCUT2D eigenvalue weighted by Gasteiger charge is -2.33. The van der Waals surface area contributed by atoms with Gasteiger partial charge < -0.3 is 30.3 Å². The summed E-state index contributed by atoms with van der Waals surface area (Å²) >= 11 is 0. The fourth-order valence-electron chi connectivity index (χ4n) is 4.91. The zero-order chi connectivity index (χ0) is 29.0. The van der Waals surface area contributed by atoms with E-state index in [1.54, 1.807) is 26.8 Å². The summed E-state index contributed by atoms with van der Waals surface area (Å²) in [6.45, 7) is 6.69. The van der Waals surface area contributed by atoms with Gasteiger partial charge in [0.1, 0.15) is 23.5 Å². The topological polar surface area (TPSA) is 122 Å². The highest BCUT2D eigenvalue weighted by Crippen LogP contribution is 2.32. The van der Waals surface area contributed by atoms with Gasteiger partial charge >= 0.3 is 18.3 Å². The van der Waals surface area contributed by atoms with Gasteiger partial charge in [-0.05, 0) is 63.1 Å². The highest BCUT2D eigenvalue weighted by molar-refractivity contribution is 5.96. The molecule has 2 heterocycles. The van der Waals surface area contributed by atoms with Crippen LogP contribution in [0.4, 0.5) is 28.6 Å². The van der Waals surface area contributed by atoms with Crippen molar-refractivity contribution in [2.24, 2.45) is 11.8 Å². The van der Waals surface area contributed by atoms with Crippen molar-refractivity contribution in [2.45, 2.75) is 83.3 Å². The Morgan fingerprint density at radius 3 is 2.44 bits per heavy atom. The Bertz CT molecular complexity index is 1020. The Morgan fingerprint density at radius 1 is 1.21 bits per heavy atom. The minimum atomic E-state index is -4.59. The summed E-state index contributed by atoms with van der Waals surface area (Å²) in [7, 11) is 1.38. The van der Waals surface area contributed by atoms with Gasteiger partial charge in [-0.2, -0.15) is 13.2 Å². The first kappa shape index (κ1) is 30.5. The first-order chi connectivity index (χ1) is 18.2. The van der Waals surface area contributed by atoms with Crippen LogP contribution in [0.5, 0.6) is 0 Å². The first-order valence-corrected chi connectivity index (χ1v) is 13.1. The first-order valence-electron chi connectivity index (χ1n) is 13.1. The number of alkyl halides is 3. The molecular formula is C26H38F3N5O5. The Balaban J connectivity index is 1.79. The number of halogens is 3. The predicted molar refractivity (Wildman–Crippen MR) is 137 cm³/mol. The molecular weight excluding hydrogens is 519 g/mol. The maximum atomic E-state index is 13.4. The van der Waals surface area contributed by atoms with Crippen LogP contribution in [0, 0.1) is 11.8 Å². The van der Waals surface area contributed by atoms with Crippen LogP contribution >= 0.6 is 0 Å². The average Bonchev–Trinajstić information content (AvgIpc) is 3.22. The zero-order valence-corrected chi connectivity index (χ0v) is 22.9. The molecule has 1 unspecified atom stereocenters. The Labute approximate surface area is 226 Å². The van der Waals surface area contributed by atoms with Crippen molar-refractivity contribution in [1.29, 1.82) is 0 Å². The SMILES string of the molecule is COC[C@@H](c1ccnc(NC(=O)C(NC(=O)OC(C)(C)C)C2CCC(C)CC2)c1)N1C[C@@H](C(F)(F)F)NC1=O. The number of rotatable bonds is 8. The quantitative estimate of drug-likeness (QED) is 0.436. The fraction of sp³-hybridized carbons (Fsp3) is 0.692. The molecule has 3 rings (SSSR count). The maximum absolute atomic E-state index is 13.4. The number of pyridine rings is 1. The molecule has 39 heavy (non-hydrogen) atoms. The fourth-order valence-corrected chi connectivity index (χ4v) is 4.91. The number of urea groups is 1. The Kier molecular flexibility index (Phi) is 9.68. The minimum Gasteiger partial charge on any atom is -0.444 e. The van der Waals surface area contributed by atoms with E-state index < -0.39 is 54.5 Å². The third-order valence-corrected chi connectivity index (χ3v) is 6.94. The van der Waals surface area contributed by atoms with Crippen LogP contribution in [0.25, 0.3) is 0 Å². The molecule has 2 aliphatic rings. The molecule has 10 nitrogen and oxygen atoms in total. The lowest BCUT2D eigenvalue weighted by atomic mass is 9.79. The van der Waals surface area contributed by atoms with Crippen molar-refractivity contribution < 1.29 is 37.0 Å². The Morgan fingerprint density at radius 2 is 1.87 bits per heavy atom. The molecule has 4 amide bonds. The number of hydrogen-bond acceptors (Lipinski definition) is 6. The maximum Gasteiger partial charge on any atom is 0.410 e. The number of alkyl carbamates (subject to hydrolysis) is 1. The normalized spacial score (nSPS) is 23.5. The van der Waals surface area contributed by atoms with Gasteiger partial charge in [0.05, 0.1) is 19.2 Å². The van der Waals surface area contributed by atoms with E-state index in [4.69, 9.17) is 9.47 Å². The van der Waals surface area contributed by atoms with Crippen LogP contribution in [0.1, 0.15) is 65.0 Å². The number of anilines is 1. The van der Waals surface area contributed by atoms with Crippen molar-refractivity contribution >= 4 is 23.8 Å². The summed E-state index contributed by atoms with van der Waals surface area (Å²) in [5.74, 6) is 0.0724. The smallest absolute Gasteiger partial charge is 0.410 e. The van der Waals surface area contributed by atoms with E-state index in [0.717, 1.165) is 30.6 Å². The summed E-state index contributed by atoms with van der Waals surface area (Å²) in [4.78, 5) is 43.6. The van der Waals surface area contributed by atoms with Gasteiger partial charge in [0.15, 0.2) is 0 Å². The van der Waals surface area contributed by atoms with E-state index in [2.05, 4.69) is 22.5 Å². The molecule has 1 saturated heterocycles. The molecule has 3 atom stereocenters. The molecule has 1 saturated carbocycles. The molecule has 1 aromatic heterocycles. The zero-order valence-electron chi connectivity index (χ0n) is 22.9. The van der Waals surface area contributed by atoms with Crippen molar-refractivity contribution in [3.8, 4) is 0 Å². The summed E-state index contributed by atoms with van der Waals surface area (Å²) in [6.07, 6.45) is -0.552. The van der Waals surface area contributed by atoms with Gasteiger partial charge in [-0.1, -0.05) is 19.8 Å². The highest BCUT2D eigenvalue weighted by Gasteiger charge is 2.48. The van der Waals surface area contributed by atoms with E-state index >= 15 is 0 Å². The van der Waals surface area contributed by atoms with Gasteiger partial charge in [-0.25, -0.2) is 14.6 Å². The van der Waals surface area contributed by atoms with Crippen molar-refractivity contribution in [2.75, 3.05) is 25.6 Å². The van der Waals surface area contributed by atoms with Crippen LogP contribution < -0.4 is 16.0 Å². The number of methoxy groups -OCH3 is 1. The second-order valence-electron chi connectivity index (χ2n) is 11.3. The molecule has 0 radical (unpaired) electrons. The lowest BCUT2D eigenvalue weighted by molar-refractivity contribution is -0.150. The number of carbonyl (C=O) groups is 3. The monoisotopic (exact) mass is 557 g/mol.